The summed E-state index contributed by atoms with van der Waals surface area (Å²) in [6, 6.07) is 0. The molecule has 0 fully saturated rings. The molecule has 0 bridgehead atoms. The normalized spacial score (nSPS) is 11.3. The zero-order valence-corrected chi connectivity index (χ0v) is 14.9. The minimum atomic E-state index is -4.05. The van der Waals surface area contributed by atoms with Gasteiger partial charge >= 0.3 is 17.1 Å². The fourth-order valence-electron chi connectivity index (χ4n) is 1.80. The molecular formula is C14H30FeO4P+. The summed E-state index contributed by atoms with van der Waals surface area (Å²) < 4.78 is 21.0. The molecule has 0 rings (SSSR count). The van der Waals surface area contributed by atoms with Crippen LogP contribution in [0.25, 0.3) is 0 Å². The van der Waals surface area contributed by atoms with Crippen LogP contribution < -0.4 is 4.89 Å². The second-order valence-corrected chi connectivity index (χ2v) is 6.35. The summed E-state index contributed by atoms with van der Waals surface area (Å²) in [5.41, 5.74) is 0. The fourth-order valence-corrected chi connectivity index (χ4v) is 2.58. The van der Waals surface area contributed by atoms with Gasteiger partial charge in [-0.3, -0.25) is 4.57 Å². The van der Waals surface area contributed by atoms with Crippen LogP contribution in [-0.4, -0.2) is 13.2 Å². The maximum atomic E-state index is 11.4. The second-order valence-electron chi connectivity index (χ2n) is 4.94. The Labute approximate surface area is 135 Å². The van der Waals surface area contributed by atoms with E-state index in [1.807, 2.05) is 0 Å². The van der Waals surface area contributed by atoms with Gasteiger partial charge in [-0.05, 0) is 12.8 Å². The molecule has 0 saturated heterocycles. The first-order chi connectivity index (χ1) is 9.12. The van der Waals surface area contributed by atoms with Crippen molar-refractivity contribution >= 4 is 7.82 Å². The van der Waals surface area contributed by atoms with E-state index >= 15 is 0 Å². The minimum Gasteiger partial charge on any atom is -0.756 e. The molecule has 0 aromatic carbocycles. The van der Waals surface area contributed by atoms with E-state index in [0.717, 1.165) is 38.5 Å². The molecule has 0 N–H and O–H groups in total. The molecule has 0 aromatic heterocycles. The summed E-state index contributed by atoms with van der Waals surface area (Å²) in [4.78, 5) is 11.4. The maximum Gasteiger partial charge on any atom is 2.00 e. The van der Waals surface area contributed by atoms with Gasteiger partial charge in [0.1, 0.15) is 0 Å². The van der Waals surface area contributed by atoms with Crippen molar-refractivity contribution in [2.45, 2.75) is 78.1 Å². The van der Waals surface area contributed by atoms with Crippen molar-refractivity contribution in [3.63, 3.8) is 0 Å². The van der Waals surface area contributed by atoms with Crippen LogP contribution in [-0.2, 0) is 30.7 Å². The molecule has 0 aliphatic carbocycles. The largest absolute Gasteiger partial charge is 2.00 e. The Hall–Kier alpha value is 0.629. The average Bonchev–Trinajstić information content (AvgIpc) is 2.38. The molecule has 122 valence electrons. The Kier molecular flexibility index (Phi) is 18.3. The Morgan fingerprint density at radius 3 is 1.45 bits per heavy atom. The predicted molar refractivity (Wildman–Crippen MR) is 77.0 cm³/mol. The van der Waals surface area contributed by atoms with Crippen LogP contribution in [0.5, 0.6) is 0 Å². The summed E-state index contributed by atoms with van der Waals surface area (Å²) in [5, 5.41) is 0. The van der Waals surface area contributed by atoms with Gasteiger partial charge in [-0.15, -0.1) is 0 Å². The molecule has 0 aliphatic rings. The Morgan fingerprint density at radius 2 is 1.10 bits per heavy atom. The quantitative estimate of drug-likeness (QED) is 0.265. The van der Waals surface area contributed by atoms with Gasteiger partial charge in [0, 0.05) is 0 Å². The first kappa shape index (κ1) is 22.9. The predicted octanol–water partition coefficient (Wildman–Crippen LogP) is 4.43. The van der Waals surface area contributed by atoms with Gasteiger partial charge in [-0.1, -0.05) is 65.2 Å². The average molecular weight is 349 g/mol. The zero-order valence-electron chi connectivity index (χ0n) is 12.9. The molecule has 0 amide bonds. The van der Waals surface area contributed by atoms with E-state index in [0.29, 0.717) is 0 Å². The van der Waals surface area contributed by atoms with Crippen LogP contribution in [0.4, 0.5) is 0 Å². The summed E-state index contributed by atoms with van der Waals surface area (Å²) in [6.07, 6.45) is 10.6. The van der Waals surface area contributed by atoms with E-state index in [1.165, 1.54) is 25.7 Å². The van der Waals surface area contributed by atoms with E-state index < -0.39 is 7.82 Å². The van der Waals surface area contributed by atoms with Gasteiger partial charge in [-0.2, -0.15) is 0 Å². The molecule has 6 heteroatoms. The number of phosphoric acid groups is 1. The van der Waals surface area contributed by atoms with Gasteiger partial charge < -0.3 is 13.9 Å². The Balaban J connectivity index is 0. The van der Waals surface area contributed by atoms with Crippen LogP contribution in [0.3, 0.4) is 0 Å². The van der Waals surface area contributed by atoms with Crippen LogP contribution in [0, 0.1) is 0 Å². The molecular weight excluding hydrogens is 319 g/mol. The van der Waals surface area contributed by atoms with E-state index in [1.54, 1.807) is 0 Å². The van der Waals surface area contributed by atoms with Gasteiger partial charge in [0.2, 0.25) is 0 Å². The van der Waals surface area contributed by atoms with Crippen molar-refractivity contribution in [2.75, 3.05) is 13.2 Å². The number of phosphoric ester groups is 1. The molecule has 4 nitrogen and oxygen atoms in total. The monoisotopic (exact) mass is 349 g/mol. The van der Waals surface area contributed by atoms with Crippen molar-refractivity contribution in [1.82, 2.24) is 0 Å². The first-order valence-corrected chi connectivity index (χ1v) is 9.18. The minimum absolute atomic E-state index is 0. The third-order valence-electron chi connectivity index (χ3n) is 2.99. The topological polar surface area (TPSA) is 58.6 Å². The summed E-state index contributed by atoms with van der Waals surface area (Å²) in [7, 11) is -4.05. The van der Waals surface area contributed by atoms with Crippen molar-refractivity contribution in [3.05, 3.63) is 0 Å². The summed E-state index contributed by atoms with van der Waals surface area (Å²) >= 11 is 0. The van der Waals surface area contributed by atoms with Gasteiger partial charge in [0.25, 0.3) is 7.82 Å². The summed E-state index contributed by atoms with van der Waals surface area (Å²) in [6.45, 7) is 4.80. The Bertz CT molecular complexity index is 219. The van der Waals surface area contributed by atoms with E-state index in [9.17, 15) is 9.46 Å². The molecule has 0 aromatic rings. The van der Waals surface area contributed by atoms with Gasteiger partial charge in [-0.25, -0.2) is 0 Å². The second kappa shape index (κ2) is 16.0. The third-order valence-corrected chi connectivity index (χ3v) is 3.99. The van der Waals surface area contributed by atoms with E-state index in [2.05, 4.69) is 13.8 Å². The molecule has 0 heterocycles. The smallest absolute Gasteiger partial charge is 0.756 e. The van der Waals surface area contributed by atoms with Crippen molar-refractivity contribution in [1.29, 1.82) is 0 Å². The number of hydrogen-bond donors (Lipinski definition) is 0. The fraction of sp³-hybridized carbons (Fsp3) is 1.00. The zero-order chi connectivity index (χ0) is 14.4. The van der Waals surface area contributed by atoms with Crippen LogP contribution >= 0.6 is 7.82 Å². The summed E-state index contributed by atoms with van der Waals surface area (Å²) in [5.74, 6) is 0. The molecule has 0 spiro atoms. The molecule has 0 saturated carbocycles. The van der Waals surface area contributed by atoms with Crippen molar-refractivity contribution in [3.8, 4) is 0 Å². The molecule has 0 aliphatic heterocycles. The number of unbranched alkanes of at least 4 members (excludes halogenated alkanes) is 8. The van der Waals surface area contributed by atoms with Crippen LogP contribution in [0.1, 0.15) is 78.1 Å². The molecule has 20 heavy (non-hydrogen) atoms. The molecule has 0 radical (unpaired) electrons. The van der Waals surface area contributed by atoms with Crippen LogP contribution in [0.15, 0.2) is 0 Å². The van der Waals surface area contributed by atoms with E-state index in [-0.39, 0.29) is 30.3 Å². The first-order valence-electron chi connectivity index (χ1n) is 7.72. The van der Waals surface area contributed by atoms with Crippen LogP contribution in [0.2, 0.25) is 0 Å². The third kappa shape index (κ3) is 16.7. The standard InChI is InChI=1S/C14H31O4P.Fe/c1-3-5-7-9-11-13-17-19(15,16)18-14-12-10-8-6-4-2;/h3-14H2,1-2H3,(H,15,16);/q;+2/p-1. The van der Waals surface area contributed by atoms with Crippen molar-refractivity contribution < 1.29 is 35.6 Å². The number of hydrogen-bond acceptors (Lipinski definition) is 4. The SMILES string of the molecule is CCCCCCCOP(=O)([O-])OCCCCCCC.[Fe+2]. The molecule has 0 unspecified atom stereocenters. The number of rotatable bonds is 14. The maximum absolute atomic E-state index is 11.4. The van der Waals surface area contributed by atoms with E-state index in [4.69, 9.17) is 9.05 Å². The van der Waals surface area contributed by atoms with Gasteiger partial charge in [0.05, 0.1) is 13.2 Å². The molecule has 0 atom stereocenters. The van der Waals surface area contributed by atoms with Gasteiger partial charge in [0.15, 0.2) is 0 Å². The van der Waals surface area contributed by atoms with Crippen molar-refractivity contribution in [2.24, 2.45) is 0 Å². The Morgan fingerprint density at radius 1 is 0.750 bits per heavy atom.